The summed E-state index contributed by atoms with van der Waals surface area (Å²) >= 11 is 0. The molecular weight excluding hydrogens is 240 g/mol. The minimum absolute atomic E-state index is 0.260. The van der Waals surface area contributed by atoms with Crippen molar-refractivity contribution in [2.75, 3.05) is 6.54 Å². The van der Waals surface area contributed by atoms with Crippen LogP contribution in [0.1, 0.15) is 12.6 Å². The fourth-order valence-electron chi connectivity index (χ4n) is 1.71. The number of carboxylic acids is 1. The van der Waals surface area contributed by atoms with Gasteiger partial charge in [0, 0.05) is 12.4 Å². The molecule has 0 aromatic carbocycles. The number of urea groups is 1. The minimum Gasteiger partial charge on any atom is -0.480 e. The summed E-state index contributed by atoms with van der Waals surface area (Å²) in [5.41, 5.74) is -1.11. The minimum atomic E-state index is -1.37. The third kappa shape index (κ3) is 1.77. The normalized spacial score (nSPS) is 23.1. The number of carbonyl (C=O) groups is 3. The van der Waals surface area contributed by atoms with E-state index >= 15 is 0 Å². The van der Waals surface area contributed by atoms with Crippen LogP contribution in [0.3, 0.4) is 0 Å². The molecule has 0 spiro atoms. The number of aliphatic carboxylic acids is 1. The lowest BCUT2D eigenvalue weighted by Crippen LogP contribution is -2.42. The van der Waals surface area contributed by atoms with E-state index in [1.807, 2.05) is 0 Å². The highest BCUT2D eigenvalue weighted by atomic mass is 16.4. The van der Waals surface area contributed by atoms with E-state index in [9.17, 15) is 14.4 Å². The van der Waals surface area contributed by atoms with Gasteiger partial charge in [0.1, 0.15) is 6.54 Å². The molecule has 0 bridgehead atoms. The Kier molecular flexibility index (Phi) is 2.70. The van der Waals surface area contributed by atoms with E-state index in [1.165, 1.54) is 25.5 Å². The van der Waals surface area contributed by atoms with Gasteiger partial charge < -0.3 is 10.4 Å². The van der Waals surface area contributed by atoms with Crippen molar-refractivity contribution in [3.8, 4) is 0 Å². The Morgan fingerprint density at radius 2 is 2.22 bits per heavy atom. The average molecular weight is 250 g/mol. The van der Waals surface area contributed by atoms with Crippen molar-refractivity contribution >= 4 is 17.9 Å². The van der Waals surface area contributed by atoms with E-state index in [1.54, 1.807) is 0 Å². The summed E-state index contributed by atoms with van der Waals surface area (Å²) in [7, 11) is 0. The molecular formula is C10H10N4O4. The van der Waals surface area contributed by atoms with Crippen LogP contribution in [0.2, 0.25) is 0 Å². The highest BCUT2D eigenvalue weighted by molar-refractivity contribution is 6.08. The second-order valence-electron chi connectivity index (χ2n) is 3.93. The molecule has 1 atom stereocenters. The Morgan fingerprint density at radius 3 is 2.78 bits per heavy atom. The molecule has 94 valence electrons. The van der Waals surface area contributed by atoms with Crippen LogP contribution in [0.4, 0.5) is 4.79 Å². The summed E-state index contributed by atoms with van der Waals surface area (Å²) in [5.74, 6) is -1.92. The fraction of sp³-hybridized carbons (Fsp3) is 0.300. The monoisotopic (exact) mass is 250 g/mol. The molecule has 1 unspecified atom stereocenters. The molecule has 2 rings (SSSR count). The van der Waals surface area contributed by atoms with Gasteiger partial charge in [0.25, 0.3) is 5.91 Å². The van der Waals surface area contributed by atoms with Gasteiger partial charge in [0.05, 0.1) is 11.9 Å². The lowest BCUT2D eigenvalue weighted by atomic mass is 9.98. The Morgan fingerprint density at radius 1 is 1.50 bits per heavy atom. The van der Waals surface area contributed by atoms with Gasteiger partial charge in [-0.25, -0.2) is 4.79 Å². The maximum atomic E-state index is 12.1. The SMILES string of the molecule is CC1(c2cnccn2)NC(=O)N(CC(=O)O)C1=O. The number of hydrogen-bond acceptors (Lipinski definition) is 5. The van der Waals surface area contributed by atoms with Gasteiger partial charge in [0.2, 0.25) is 0 Å². The third-order valence-electron chi connectivity index (χ3n) is 2.64. The molecule has 1 saturated heterocycles. The van der Waals surface area contributed by atoms with Gasteiger partial charge in [-0.2, -0.15) is 0 Å². The Hall–Kier alpha value is -2.51. The van der Waals surface area contributed by atoms with Crippen LogP contribution in [0.15, 0.2) is 18.6 Å². The standard InChI is InChI=1S/C10H10N4O4/c1-10(6-4-11-2-3-12-6)8(17)14(5-7(15)16)9(18)13-10/h2-4H,5H2,1H3,(H,13,18)(H,15,16). The van der Waals surface area contributed by atoms with Crippen molar-refractivity contribution in [3.05, 3.63) is 24.3 Å². The highest BCUT2D eigenvalue weighted by Gasteiger charge is 2.50. The zero-order valence-electron chi connectivity index (χ0n) is 9.45. The molecule has 1 aliphatic heterocycles. The first-order valence-corrected chi connectivity index (χ1v) is 5.07. The number of carbonyl (C=O) groups excluding carboxylic acids is 2. The first-order chi connectivity index (χ1) is 8.45. The van der Waals surface area contributed by atoms with Crippen LogP contribution in [0.5, 0.6) is 0 Å². The molecule has 2 N–H and O–H groups in total. The van der Waals surface area contributed by atoms with Crippen molar-refractivity contribution < 1.29 is 19.5 Å². The van der Waals surface area contributed by atoms with Crippen molar-refractivity contribution in [2.45, 2.75) is 12.5 Å². The van der Waals surface area contributed by atoms with Crippen LogP contribution >= 0.6 is 0 Å². The number of nitrogens with one attached hydrogen (secondary N) is 1. The predicted molar refractivity (Wildman–Crippen MR) is 57.3 cm³/mol. The van der Waals surface area contributed by atoms with Crippen LogP contribution in [0.25, 0.3) is 0 Å². The van der Waals surface area contributed by atoms with Crippen LogP contribution < -0.4 is 5.32 Å². The van der Waals surface area contributed by atoms with Crippen LogP contribution in [-0.4, -0.2) is 44.4 Å². The lowest BCUT2D eigenvalue weighted by molar-refractivity contribution is -0.142. The number of nitrogens with zero attached hydrogens (tertiary/aromatic N) is 3. The fourth-order valence-corrected chi connectivity index (χ4v) is 1.71. The molecule has 0 saturated carbocycles. The number of aromatic nitrogens is 2. The van der Waals surface area contributed by atoms with Gasteiger partial charge >= 0.3 is 12.0 Å². The van der Waals surface area contributed by atoms with E-state index in [2.05, 4.69) is 15.3 Å². The largest absolute Gasteiger partial charge is 0.480 e. The molecule has 1 fully saturated rings. The van der Waals surface area contributed by atoms with Gasteiger partial charge in [-0.05, 0) is 6.92 Å². The summed E-state index contributed by atoms with van der Waals surface area (Å²) in [4.78, 5) is 42.7. The molecule has 1 aliphatic rings. The molecule has 1 aromatic heterocycles. The average Bonchev–Trinajstić information content (AvgIpc) is 2.55. The number of rotatable bonds is 3. The highest BCUT2D eigenvalue weighted by Crippen LogP contribution is 2.26. The molecule has 18 heavy (non-hydrogen) atoms. The van der Waals surface area contributed by atoms with Crippen LogP contribution in [-0.2, 0) is 15.1 Å². The summed E-state index contributed by atoms with van der Waals surface area (Å²) in [6.45, 7) is 0.777. The smallest absolute Gasteiger partial charge is 0.325 e. The Balaban J connectivity index is 2.35. The Bertz CT molecular complexity index is 518. The molecule has 3 amide bonds. The maximum Gasteiger partial charge on any atom is 0.325 e. The second kappa shape index (κ2) is 4.06. The zero-order chi connectivity index (χ0) is 13.3. The van der Waals surface area contributed by atoms with Gasteiger partial charge in [-0.1, -0.05) is 0 Å². The van der Waals surface area contributed by atoms with Crippen molar-refractivity contribution in [3.63, 3.8) is 0 Å². The van der Waals surface area contributed by atoms with Gasteiger partial charge in [-0.3, -0.25) is 24.5 Å². The van der Waals surface area contributed by atoms with Crippen molar-refractivity contribution in [1.82, 2.24) is 20.2 Å². The first-order valence-electron chi connectivity index (χ1n) is 5.07. The topological polar surface area (TPSA) is 112 Å². The van der Waals surface area contributed by atoms with E-state index in [0.29, 0.717) is 4.90 Å². The zero-order valence-corrected chi connectivity index (χ0v) is 9.45. The van der Waals surface area contributed by atoms with Crippen molar-refractivity contribution in [1.29, 1.82) is 0 Å². The van der Waals surface area contributed by atoms with E-state index < -0.39 is 30.0 Å². The molecule has 0 radical (unpaired) electrons. The quantitative estimate of drug-likeness (QED) is 0.688. The Labute approximate surface area is 102 Å². The maximum absolute atomic E-state index is 12.1. The van der Waals surface area contributed by atoms with E-state index in [4.69, 9.17) is 5.11 Å². The lowest BCUT2D eigenvalue weighted by Gasteiger charge is -2.19. The number of amides is 3. The van der Waals surface area contributed by atoms with Crippen LogP contribution in [0, 0.1) is 0 Å². The predicted octanol–water partition coefficient (Wildman–Crippen LogP) is -0.672. The number of carboxylic acid groups (broad SMARTS) is 1. The van der Waals surface area contributed by atoms with E-state index in [0.717, 1.165) is 0 Å². The number of hydrogen-bond donors (Lipinski definition) is 2. The molecule has 8 nitrogen and oxygen atoms in total. The van der Waals surface area contributed by atoms with Gasteiger partial charge in [-0.15, -0.1) is 0 Å². The number of imide groups is 1. The first kappa shape index (κ1) is 12.0. The summed E-state index contributed by atoms with van der Waals surface area (Å²) in [6, 6.07) is -0.754. The van der Waals surface area contributed by atoms with Gasteiger partial charge in [0.15, 0.2) is 5.54 Å². The molecule has 8 heteroatoms. The van der Waals surface area contributed by atoms with E-state index in [-0.39, 0.29) is 5.69 Å². The summed E-state index contributed by atoms with van der Waals surface area (Å²) in [6.07, 6.45) is 4.17. The second-order valence-corrected chi connectivity index (χ2v) is 3.93. The summed E-state index contributed by atoms with van der Waals surface area (Å²) in [5, 5.41) is 11.1. The van der Waals surface area contributed by atoms with Crippen molar-refractivity contribution in [2.24, 2.45) is 0 Å². The summed E-state index contributed by atoms with van der Waals surface area (Å²) < 4.78 is 0. The molecule has 2 heterocycles. The molecule has 0 aliphatic carbocycles. The molecule has 1 aromatic rings. The third-order valence-corrected chi connectivity index (χ3v) is 2.64.